The molecular formula is C12H17ClN2O. The van der Waals surface area contributed by atoms with E-state index in [4.69, 9.17) is 16.3 Å². The summed E-state index contributed by atoms with van der Waals surface area (Å²) in [4.78, 5) is 4.00. The van der Waals surface area contributed by atoms with Gasteiger partial charge in [-0.25, -0.2) is 4.98 Å². The van der Waals surface area contributed by atoms with Crippen molar-refractivity contribution in [2.24, 2.45) is 0 Å². The van der Waals surface area contributed by atoms with Crippen LogP contribution in [0.4, 0.5) is 0 Å². The number of aromatic nitrogens is 1. The number of ether oxygens (including phenoxy) is 1. The molecule has 0 atom stereocenters. The Bertz CT molecular complexity index is 324. The molecule has 3 nitrogen and oxygen atoms in total. The van der Waals surface area contributed by atoms with Gasteiger partial charge in [-0.3, -0.25) is 0 Å². The van der Waals surface area contributed by atoms with E-state index in [9.17, 15) is 0 Å². The molecule has 0 fully saturated rings. The van der Waals surface area contributed by atoms with Crippen LogP contribution in [0.5, 0.6) is 0 Å². The van der Waals surface area contributed by atoms with Crippen molar-refractivity contribution in [3.05, 3.63) is 41.2 Å². The summed E-state index contributed by atoms with van der Waals surface area (Å²) >= 11 is 5.68. The molecule has 1 N–H and O–H groups in total. The molecule has 88 valence electrons. The normalized spacial score (nSPS) is 10.4. The van der Waals surface area contributed by atoms with Crippen LogP contribution in [0.3, 0.4) is 0 Å². The van der Waals surface area contributed by atoms with Crippen LogP contribution in [-0.2, 0) is 11.3 Å². The van der Waals surface area contributed by atoms with Crippen molar-refractivity contribution >= 4 is 11.6 Å². The van der Waals surface area contributed by atoms with E-state index in [1.54, 1.807) is 12.3 Å². The number of hydrogen-bond acceptors (Lipinski definition) is 3. The molecule has 0 bridgehead atoms. The molecule has 0 radical (unpaired) electrons. The zero-order chi connectivity index (χ0) is 11.8. The summed E-state index contributed by atoms with van der Waals surface area (Å²) in [5.74, 6) is 0. The number of halogens is 1. The Balaban J connectivity index is 2.07. The van der Waals surface area contributed by atoms with Gasteiger partial charge in [0.1, 0.15) is 5.15 Å². The van der Waals surface area contributed by atoms with E-state index in [-0.39, 0.29) is 0 Å². The minimum atomic E-state index is 0.522. The zero-order valence-corrected chi connectivity index (χ0v) is 10.3. The monoisotopic (exact) mass is 240 g/mol. The maximum atomic E-state index is 5.68. The standard InChI is InChI=1S/C12H17ClN2O/c1-10(2)9-16-6-5-14-7-11-3-4-12(13)15-8-11/h3-4,8,14H,1,5-7,9H2,2H3. The Morgan fingerprint density at radius 3 is 3.00 bits per heavy atom. The Morgan fingerprint density at radius 2 is 2.38 bits per heavy atom. The summed E-state index contributed by atoms with van der Waals surface area (Å²) in [6, 6.07) is 3.74. The third kappa shape index (κ3) is 5.85. The van der Waals surface area contributed by atoms with Crippen molar-refractivity contribution < 1.29 is 4.74 Å². The van der Waals surface area contributed by atoms with Crippen molar-refractivity contribution in [3.63, 3.8) is 0 Å². The summed E-state index contributed by atoms with van der Waals surface area (Å²) in [5, 5.41) is 3.78. The van der Waals surface area contributed by atoms with Gasteiger partial charge in [-0.1, -0.05) is 29.8 Å². The second-order valence-electron chi connectivity index (χ2n) is 3.68. The second kappa shape index (κ2) is 7.39. The van der Waals surface area contributed by atoms with E-state index < -0.39 is 0 Å². The molecule has 0 spiro atoms. The molecular weight excluding hydrogens is 224 g/mol. The molecule has 0 saturated carbocycles. The van der Waals surface area contributed by atoms with Crippen LogP contribution in [0, 0.1) is 0 Å². The third-order valence-electron chi connectivity index (χ3n) is 1.89. The highest BCUT2D eigenvalue weighted by Gasteiger charge is 1.94. The van der Waals surface area contributed by atoms with Gasteiger partial charge in [-0.2, -0.15) is 0 Å². The predicted octanol–water partition coefficient (Wildman–Crippen LogP) is 2.42. The average Bonchev–Trinajstić information content (AvgIpc) is 2.25. The number of hydrogen-bond donors (Lipinski definition) is 1. The first-order valence-electron chi connectivity index (χ1n) is 5.22. The van der Waals surface area contributed by atoms with Crippen molar-refractivity contribution in [2.45, 2.75) is 13.5 Å². The van der Waals surface area contributed by atoms with Crippen molar-refractivity contribution in [2.75, 3.05) is 19.8 Å². The average molecular weight is 241 g/mol. The highest BCUT2D eigenvalue weighted by atomic mass is 35.5. The van der Waals surface area contributed by atoms with Crippen molar-refractivity contribution in [1.29, 1.82) is 0 Å². The molecule has 0 aromatic carbocycles. The fourth-order valence-electron chi connectivity index (χ4n) is 1.13. The minimum absolute atomic E-state index is 0.522. The van der Waals surface area contributed by atoms with Gasteiger partial charge in [0.05, 0.1) is 13.2 Å². The van der Waals surface area contributed by atoms with E-state index in [0.29, 0.717) is 18.4 Å². The molecule has 4 heteroatoms. The molecule has 1 heterocycles. The van der Waals surface area contributed by atoms with Crippen LogP contribution in [0.15, 0.2) is 30.5 Å². The lowest BCUT2D eigenvalue weighted by molar-refractivity contribution is 0.158. The van der Waals surface area contributed by atoms with E-state index in [1.165, 1.54) is 0 Å². The highest BCUT2D eigenvalue weighted by Crippen LogP contribution is 2.04. The highest BCUT2D eigenvalue weighted by molar-refractivity contribution is 6.29. The molecule has 0 aliphatic carbocycles. The summed E-state index contributed by atoms with van der Waals surface area (Å²) in [5.41, 5.74) is 2.16. The van der Waals surface area contributed by atoms with Gasteiger partial charge in [-0.15, -0.1) is 0 Å². The number of rotatable bonds is 7. The Labute approximate surface area is 101 Å². The van der Waals surface area contributed by atoms with Crippen LogP contribution in [-0.4, -0.2) is 24.7 Å². The SMILES string of the molecule is C=C(C)COCCNCc1ccc(Cl)nc1. The molecule has 0 amide bonds. The Hall–Kier alpha value is -0.900. The lowest BCUT2D eigenvalue weighted by atomic mass is 10.3. The Morgan fingerprint density at radius 1 is 1.56 bits per heavy atom. The fourth-order valence-corrected chi connectivity index (χ4v) is 1.25. The van der Waals surface area contributed by atoms with Gasteiger partial charge < -0.3 is 10.1 Å². The van der Waals surface area contributed by atoms with Crippen molar-refractivity contribution in [3.8, 4) is 0 Å². The second-order valence-corrected chi connectivity index (χ2v) is 4.06. The maximum absolute atomic E-state index is 5.68. The van der Waals surface area contributed by atoms with E-state index in [0.717, 1.165) is 24.2 Å². The molecule has 0 aliphatic heterocycles. The smallest absolute Gasteiger partial charge is 0.129 e. The van der Waals surface area contributed by atoms with Gasteiger partial charge in [0.2, 0.25) is 0 Å². The van der Waals surface area contributed by atoms with Crippen LogP contribution < -0.4 is 5.32 Å². The first-order chi connectivity index (χ1) is 7.68. The number of nitrogens with one attached hydrogen (secondary N) is 1. The minimum Gasteiger partial charge on any atom is -0.376 e. The first kappa shape index (κ1) is 13.2. The number of pyridine rings is 1. The predicted molar refractivity (Wildman–Crippen MR) is 66.6 cm³/mol. The quantitative estimate of drug-likeness (QED) is 0.452. The van der Waals surface area contributed by atoms with E-state index in [2.05, 4.69) is 16.9 Å². The third-order valence-corrected chi connectivity index (χ3v) is 2.11. The topological polar surface area (TPSA) is 34.1 Å². The van der Waals surface area contributed by atoms with Gasteiger partial charge in [0, 0.05) is 19.3 Å². The molecule has 0 saturated heterocycles. The largest absolute Gasteiger partial charge is 0.376 e. The van der Waals surface area contributed by atoms with Crippen LogP contribution >= 0.6 is 11.6 Å². The molecule has 1 aromatic heterocycles. The molecule has 0 aliphatic rings. The fraction of sp³-hybridized carbons (Fsp3) is 0.417. The van der Waals surface area contributed by atoms with Gasteiger partial charge >= 0.3 is 0 Å². The van der Waals surface area contributed by atoms with Gasteiger partial charge in [0.25, 0.3) is 0 Å². The summed E-state index contributed by atoms with van der Waals surface area (Å²) in [7, 11) is 0. The van der Waals surface area contributed by atoms with Gasteiger partial charge in [0.15, 0.2) is 0 Å². The molecule has 16 heavy (non-hydrogen) atoms. The molecule has 1 rings (SSSR count). The summed E-state index contributed by atoms with van der Waals surface area (Å²) < 4.78 is 5.35. The van der Waals surface area contributed by atoms with E-state index in [1.807, 2.05) is 13.0 Å². The number of nitrogens with zero attached hydrogens (tertiary/aromatic N) is 1. The first-order valence-corrected chi connectivity index (χ1v) is 5.59. The van der Waals surface area contributed by atoms with Crippen LogP contribution in [0.1, 0.15) is 12.5 Å². The lowest BCUT2D eigenvalue weighted by Gasteiger charge is -2.05. The molecule has 0 unspecified atom stereocenters. The summed E-state index contributed by atoms with van der Waals surface area (Å²) in [6.07, 6.45) is 1.77. The van der Waals surface area contributed by atoms with Crippen molar-refractivity contribution in [1.82, 2.24) is 10.3 Å². The summed E-state index contributed by atoms with van der Waals surface area (Å²) in [6.45, 7) is 8.63. The Kier molecular flexibility index (Phi) is 6.08. The molecule has 1 aromatic rings. The zero-order valence-electron chi connectivity index (χ0n) is 9.50. The van der Waals surface area contributed by atoms with Crippen LogP contribution in [0.25, 0.3) is 0 Å². The van der Waals surface area contributed by atoms with Crippen LogP contribution in [0.2, 0.25) is 5.15 Å². The lowest BCUT2D eigenvalue weighted by Crippen LogP contribution is -2.19. The maximum Gasteiger partial charge on any atom is 0.129 e. The van der Waals surface area contributed by atoms with E-state index >= 15 is 0 Å². The van der Waals surface area contributed by atoms with Gasteiger partial charge in [-0.05, 0) is 18.6 Å².